The molecule has 3 rings (SSSR count). The van der Waals surface area contributed by atoms with Crippen LogP contribution < -0.4 is 10.0 Å². The van der Waals surface area contributed by atoms with Crippen LogP contribution in [0.15, 0.2) is 82.6 Å². The van der Waals surface area contributed by atoms with Crippen molar-refractivity contribution in [1.82, 2.24) is 0 Å². The second-order valence-electron chi connectivity index (χ2n) is 6.15. The number of amides is 1. The van der Waals surface area contributed by atoms with Crippen LogP contribution in [0, 0.1) is 6.92 Å². The van der Waals surface area contributed by atoms with Gasteiger partial charge < -0.3 is 5.32 Å². The van der Waals surface area contributed by atoms with E-state index in [2.05, 4.69) is 10.0 Å². The van der Waals surface area contributed by atoms with Crippen LogP contribution in [0.25, 0.3) is 0 Å². The third-order valence-electron chi connectivity index (χ3n) is 4.04. The first kappa shape index (κ1) is 20.0. The molecule has 0 atom stereocenters. The molecule has 0 bridgehead atoms. The molecule has 0 aliphatic carbocycles. The molecule has 0 aliphatic heterocycles. The zero-order valence-electron chi connectivity index (χ0n) is 15.5. The molecule has 5 nitrogen and oxygen atoms in total. The van der Waals surface area contributed by atoms with E-state index in [9.17, 15) is 13.2 Å². The molecule has 144 valence electrons. The monoisotopic (exact) mass is 412 g/mol. The molecule has 0 saturated heterocycles. The number of carbonyl (C=O) groups is 1. The number of benzene rings is 3. The smallest absolute Gasteiger partial charge is 0.261 e. The van der Waals surface area contributed by atoms with Gasteiger partial charge >= 0.3 is 0 Å². The maximum atomic E-state index is 12.6. The number of anilines is 2. The van der Waals surface area contributed by atoms with Crippen molar-refractivity contribution in [2.75, 3.05) is 16.3 Å². The van der Waals surface area contributed by atoms with Crippen molar-refractivity contribution >= 4 is 39.1 Å². The lowest BCUT2D eigenvalue weighted by molar-refractivity contribution is 0.102. The average Bonchev–Trinajstić information content (AvgIpc) is 2.68. The maximum Gasteiger partial charge on any atom is 0.261 e. The van der Waals surface area contributed by atoms with Crippen molar-refractivity contribution in [3.8, 4) is 0 Å². The van der Waals surface area contributed by atoms with Crippen LogP contribution in [0.4, 0.5) is 11.4 Å². The highest BCUT2D eigenvalue weighted by Gasteiger charge is 2.15. The zero-order chi connectivity index (χ0) is 20.1. The van der Waals surface area contributed by atoms with Gasteiger partial charge in [-0.2, -0.15) is 0 Å². The molecule has 3 aromatic rings. The van der Waals surface area contributed by atoms with E-state index in [1.165, 1.54) is 23.9 Å². The van der Waals surface area contributed by atoms with Crippen molar-refractivity contribution in [3.63, 3.8) is 0 Å². The van der Waals surface area contributed by atoms with Crippen LogP contribution in [-0.4, -0.2) is 20.6 Å². The van der Waals surface area contributed by atoms with Gasteiger partial charge in [0.05, 0.1) is 10.5 Å². The molecule has 0 heterocycles. The minimum atomic E-state index is -3.70. The third kappa shape index (κ3) is 4.74. The van der Waals surface area contributed by atoms with E-state index < -0.39 is 10.0 Å². The molecule has 28 heavy (non-hydrogen) atoms. The average molecular weight is 413 g/mol. The Labute approximate surface area is 169 Å². The second kappa shape index (κ2) is 8.50. The molecule has 0 spiro atoms. The highest BCUT2D eigenvalue weighted by molar-refractivity contribution is 7.98. The maximum absolute atomic E-state index is 12.6. The van der Waals surface area contributed by atoms with Crippen LogP contribution in [0.1, 0.15) is 15.9 Å². The summed E-state index contributed by atoms with van der Waals surface area (Å²) in [6.45, 7) is 1.89. The SMILES string of the molecule is CSc1ccccc1C(=O)Nc1ccc(S(=O)(=O)Nc2cccc(C)c2)cc1. The largest absolute Gasteiger partial charge is 0.322 e. The minimum absolute atomic E-state index is 0.122. The first-order chi connectivity index (χ1) is 13.4. The van der Waals surface area contributed by atoms with Crippen LogP contribution in [-0.2, 0) is 10.0 Å². The van der Waals surface area contributed by atoms with E-state index in [-0.39, 0.29) is 10.8 Å². The number of carbonyl (C=O) groups excluding carboxylic acids is 1. The van der Waals surface area contributed by atoms with Gasteiger partial charge in [-0.15, -0.1) is 11.8 Å². The highest BCUT2D eigenvalue weighted by Crippen LogP contribution is 2.22. The van der Waals surface area contributed by atoms with Crippen molar-refractivity contribution in [2.24, 2.45) is 0 Å². The van der Waals surface area contributed by atoms with E-state index in [1.807, 2.05) is 31.4 Å². The standard InChI is InChI=1S/C21H20N2O3S2/c1-15-6-5-7-17(14-15)23-28(25,26)18-12-10-16(11-13-18)22-21(24)19-8-3-4-9-20(19)27-2/h3-14,23H,1-2H3,(H,22,24). The fourth-order valence-electron chi connectivity index (χ4n) is 2.67. The molecule has 0 saturated carbocycles. The fraction of sp³-hybridized carbons (Fsp3) is 0.0952. The van der Waals surface area contributed by atoms with Gasteiger partial charge in [0, 0.05) is 16.3 Å². The lowest BCUT2D eigenvalue weighted by Gasteiger charge is -2.11. The number of hydrogen-bond donors (Lipinski definition) is 2. The van der Waals surface area contributed by atoms with Gasteiger partial charge in [-0.1, -0.05) is 24.3 Å². The molecule has 2 N–H and O–H groups in total. The van der Waals surface area contributed by atoms with Gasteiger partial charge in [-0.25, -0.2) is 8.42 Å². The summed E-state index contributed by atoms with van der Waals surface area (Å²) < 4.78 is 27.7. The molecule has 3 aromatic carbocycles. The Kier molecular flexibility index (Phi) is 6.06. The molecule has 0 fully saturated rings. The molecular formula is C21H20N2O3S2. The van der Waals surface area contributed by atoms with Crippen LogP contribution in [0.5, 0.6) is 0 Å². The minimum Gasteiger partial charge on any atom is -0.322 e. The van der Waals surface area contributed by atoms with Crippen LogP contribution >= 0.6 is 11.8 Å². The summed E-state index contributed by atoms with van der Waals surface area (Å²) in [5.74, 6) is -0.238. The van der Waals surface area contributed by atoms with E-state index in [0.29, 0.717) is 16.9 Å². The number of hydrogen-bond acceptors (Lipinski definition) is 4. The summed E-state index contributed by atoms with van der Waals surface area (Å²) in [7, 11) is -3.70. The molecule has 0 aromatic heterocycles. The molecule has 0 unspecified atom stereocenters. The second-order valence-corrected chi connectivity index (χ2v) is 8.68. The lowest BCUT2D eigenvalue weighted by atomic mass is 10.2. The summed E-state index contributed by atoms with van der Waals surface area (Å²) in [4.78, 5) is 13.5. The Morgan fingerprint density at radius 3 is 2.29 bits per heavy atom. The lowest BCUT2D eigenvalue weighted by Crippen LogP contribution is -2.14. The molecule has 0 aliphatic rings. The Hall–Kier alpha value is -2.77. The first-order valence-corrected chi connectivity index (χ1v) is 11.2. The summed E-state index contributed by atoms with van der Waals surface area (Å²) in [5, 5.41) is 2.80. The summed E-state index contributed by atoms with van der Waals surface area (Å²) in [6.07, 6.45) is 1.91. The van der Waals surface area contributed by atoms with Crippen molar-refractivity contribution in [3.05, 3.63) is 83.9 Å². The Balaban J connectivity index is 1.75. The normalized spacial score (nSPS) is 11.1. The van der Waals surface area contributed by atoms with Crippen LogP contribution in [0.3, 0.4) is 0 Å². The van der Waals surface area contributed by atoms with Gasteiger partial charge in [0.2, 0.25) is 0 Å². The molecule has 1 amide bonds. The highest BCUT2D eigenvalue weighted by atomic mass is 32.2. The Bertz CT molecular complexity index is 1090. The summed E-state index contributed by atoms with van der Waals surface area (Å²) >= 11 is 1.49. The Morgan fingerprint density at radius 1 is 0.893 bits per heavy atom. The zero-order valence-corrected chi connectivity index (χ0v) is 17.1. The van der Waals surface area contributed by atoms with Gasteiger partial charge in [0.25, 0.3) is 15.9 Å². The quantitative estimate of drug-likeness (QED) is 0.572. The number of aryl methyl sites for hydroxylation is 1. The predicted molar refractivity (Wildman–Crippen MR) is 115 cm³/mol. The van der Waals surface area contributed by atoms with E-state index in [0.717, 1.165) is 10.5 Å². The molecular weight excluding hydrogens is 392 g/mol. The number of thioether (sulfide) groups is 1. The van der Waals surface area contributed by atoms with Crippen LogP contribution in [0.2, 0.25) is 0 Å². The summed E-state index contributed by atoms with van der Waals surface area (Å²) in [6, 6.07) is 20.5. The Morgan fingerprint density at radius 2 is 1.61 bits per heavy atom. The molecule has 0 radical (unpaired) electrons. The van der Waals surface area contributed by atoms with E-state index in [4.69, 9.17) is 0 Å². The van der Waals surface area contributed by atoms with Crippen molar-refractivity contribution in [2.45, 2.75) is 16.7 Å². The topological polar surface area (TPSA) is 75.3 Å². The van der Waals surface area contributed by atoms with Gasteiger partial charge in [-0.05, 0) is 67.3 Å². The van der Waals surface area contributed by atoms with E-state index >= 15 is 0 Å². The number of nitrogens with one attached hydrogen (secondary N) is 2. The number of sulfonamides is 1. The first-order valence-electron chi connectivity index (χ1n) is 8.53. The van der Waals surface area contributed by atoms with Crippen molar-refractivity contribution in [1.29, 1.82) is 0 Å². The van der Waals surface area contributed by atoms with Gasteiger partial charge in [-0.3, -0.25) is 9.52 Å². The van der Waals surface area contributed by atoms with Gasteiger partial charge in [0.1, 0.15) is 0 Å². The number of rotatable bonds is 6. The van der Waals surface area contributed by atoms with E-state index in [1.54, 1.807) is 42.5 Å². The predicted octanol–water partition coefficient (Wildman–Crippen LogP) is 4.77. The van der Waals surface area contributed by atoms with Gasteiger partial charge in [0.15, 0.2) is 0 Å². The summed E-state index contributed by atoms with van der Waals surface area (Å²) in [5.41, 5.74) is 2.57. The van der Waals surface area contributed by atoms with Crippen molar-refractivity contribution < 1.29 is 13.2 Å². The third-order valence-corrected chi connectivity index (χ3v) is 6.24. The molecule has 7 heteroatoms. The fourth-order valence-corrected chi connectivity index (χ4v) is 4.32.